The third-order valence-electron chi connectivity index (χ3n) is 6.73. The van der Waals surface area contributed by atoms with Crippen molar-refractivity contribution in [1.82, 2.24) is 0 Å². The first-order valence-electron chi connectivity index (χ1n) is 9.30. The van der Waals surface area contributed by atoms with Crippen LogP contribution in [0.3, 0.4) is 0 Å². The lowest BCUT2D eigenvalue weighted by atomic mass is 9.63. The molecule has 2 aliphatic rings. The van der Waals surface area contributed by atoms with Crippen LogP contribution in [0.2, 0.25) is 18.1 Å². The van der Waals surface area contributed by atoms with Gasteiger partial charge in [-0.1, -0.05) is 52.7 Å². The molecule has 0 amide bonds. The quantitative estimate of drug-likeness (QED) is 0.359. The average molecular weight is 323 g/mol. The van der Waals surface area contributed by atoms with Crippen LogP contribution in [0.4, 0.5) is 0 Å². The molecule has 1 fully saturated rings. The van der Waals surface area contributed by atoms with Crippen LogP contribution in [0.1, 0.15) is 60.3 Å². The molecule has 0 bridgehead atoms. The number of carbonyl (C=O) groups excluding carboxylic acids is 1. The Balaban J connectivity index is 2.19. The van der Waals surface area contributed by atoms with E-state index in [2.05, 4.69) is 40.7 Å². The molecule has 2 rings (SSSR count). The van der Waals surface area contributed by atoms with Crippen LogP contribution in [0.25, 0.3) is 0 Å². The molecule has 0 aromatic rings. The van der Waals surface area contributed by atoms with Crippen LogP contribution in [-0.2, 0) is 9.22 Å². The van der Waals surface area contributed by atoms with E-state index in [-0.39, 0.29) is 11.3 Å². The number of aldehydes is 1. The Morgan fingerprint density at radius 3 is 2.55 bits per heavy atom. The number of rotatable bonds is 7. The first-order valence-corrected chi connectivity index (χ1v) is 11.8. The minimum absolute atomic E-state index is 0.0688. The van der Waals surface area contributed by atoms with Gasteiger partial charge in [0.2, 0.25) is 0 Å². The summed E-state index contributed by atoms with van der Waals surface area (Å²) >= 11 is 0. The normalized spacial score (nSPS) is 33.2. The smallest absolute Gasteiger partial charge is 0.192 e. The van der Waals surface area contributed by atoms with Crippen molar-refractivity contribution >= 4 is 14.6 Å². The minimum Gasteiger partial charge on any atom is -0.414 e. The van der Waals surface area contributed by atoms with E-state index in [1.54, 1.807) is 0 Å². The second-order valence-electron chi connectivity index (χ2n) is 7.64. The molecule has 1 saturated carbocycles. The SMILES string of the molecule is CC[Si](CC)(CC)O[C@H]1CCC[C@]2(C)C([C@H](C)C=O)=CC[C@@H]12. The molecule has 0 radical (unpaired) electrons. The van der Waals surface area contributed by atoms with Gasteiger partial charge in [-0.05, 0) is 48.7 Å². The lowest BCUT2D eigenvalue weighted by Crippen LogP contribution is -2.48. The van der Waals surface area contributed by atoms with Gasteiger partial charge in [0.25, 0.3) is 0 Å². The molecule has 2 aliphatic carbocycles. The number of hydrogen-bond donors (Lipinski definition) is 0. The summed E-state index contributed by atoms with van der Waals surface area (Å²) in [5.41, 5.74) is 1.58. The second kappa shape index (κ2) is 7.00. The van der Waals surface area contributed by atoms with Gasteiger partial charge in [-0.2, -0.15) is 0 Å². The highest BCUT2D eigenvalue weighted by atomic mass is 28.4. The lowest BCUT2D eigenvalue weighted by molar-refractivity contribution is -0.110. The molecule has 22 heavy (non-hydrogen) atoms. The Hall–Kier alpha value is -0.413. The van der Waals surface area contributed by atoms with Crippen molar-refractivity contribution in [3.05, 3.63) is 11.6 Å². The molecule has 0 aromatic heterocycles. The first-order chi connectivity index (χ1) is 10.5. The predicted octanol–water partition coefficient (Wildman–Crippen LogP) is 5.35. The van der Waals surface area contributed by atoms with Crippen LogP contribution >= 0.6 is 0 Å². The summed E-state index contributed by atoms with van der Waals surface area (Å²) in [6.45, 7) is 11.4. The van der Waals surface area contributed by atoms with Crippen molar-refractivity contribution in [2.75, 3.05) is 0 Å². The third-order valence-corrected chi connectivity index (χ3v) is 11.4. The van der Waals surface area contributed by atoms with E-state index in [0.29, 0.717) is 12.0 Å². The van der Waals surface area contributed by atoms with E-state index in [4.69, 9.17) is 4.43 Å². The van der Waals surface area contributed by atoms with Gasteiger partial charge in [0.15, 0.2) is 8.32 Å². The zero-order valence-electron chi connectivity index (χ0n) is 15.2. The molecular weight excluding hydrogens is 288 g/mol. The van der Waals surface area contributed by atoms with Crippen LogP contribution < -0.4 is 0 Å². The summed E-state index contributed by atoms with van der Waals surface area (Å²) < 4.78 is 6.88. The molecule has 2 nitrogen and oxygen atoms in total. The maximum absolute atomic E-state index is 11.3. The molecule has 0 N–H and O–H groups in total. The fourth-order valence-electron chi connectivity index (χ4n) is 4.97. The zero-order chi connectivity index (χ0) is 16.4. The standard InChI is InChI=1S/C19H34O2Si/c1-6-22(7-2,8-3)21-18-10-9-13-19(5)16(15(4)14-20)11-12-17(18)19/h11,14-15,17-18H,6-10,12-13H2,1-5H3/t15-,17+,18+,19-/m1/s1. The van der Waals surface area contributed by atoms with Crippen molar-refractivity contribution in [2.24, 2.45) is 17.3 Å². The van der Waals surface area contributed by atoms with Crippen molar-refractivity contribution in [3.63, 3.8) is 0 Å². The van der Waals surface area contributed by atoms with Crippen LogP contribution in [0.5, 0.6) is 0 Å². The van der Waals surface area contributed by atoms with Gasteiger partial charge >= 0.3 is 0 Å². The van der Waals surface area contributed by atoms with E-state index >= 15 is 0 Å². The van der Waals surface area contributed by atoms with E-state index in [1.807, 2.05) is 0 Å². The second-order valence-corrected chi connectivity index (χ2v) is 12.4. The first kappa shape index (κ1) is 17.9. The molecule has 0 aliphatic heterocycles. The Morgan fingerprint density at radius 2 is 2.00 bits per heavy atom. The third kappa shape index (κ3) is 2.99. The fourth-order valence-corrected chi connectivity index (χ4v) is 7.89. The minimum atomic E-state index is -1.55. The van der Waals surface area contributed by atoms with Gasteiger partial charge in [0.05, 0.1) is 0 Å². The zero-order valence-corrected chi connectivity index (χ0v) is 16.2. The summed E-state index contributed by atoms with van der Waals surface area (Å²) in [5, 5.41) is 0. The summed E-state index contributed by atoms with van der Waals surface area (Å²) in [7, 11) is -1.55. The highest BCUT2D eigenvalue weighted by Crippen LogP contribution is 2.55. The largest absolute Gasteiger partial charge is 0.414 e. The summed E-state index contributed by atoms with van der Waals surface area (Å²) in [6, 6.07) is 3.68. The number of hydrogen-bond acceptors (Lipinski definition) is 2. The van der Waals surface area contributed by atoms with Gasteiger partial charge in [-0.3, -0.25) is 0 Å². The fraction of sp³-hybridized carbons (Fsp3) is 0.842. The highest BCUT2D eigenvalue weighted by Gasteiger charge is 2.50. The Labute approximate surface area is 137 Å². The van der Waals surface area contributed by atoms with Crippen molar-refractivity contribution in [1.29, 1.82) is 0 Å². The Bertz CT molecular complexity index is 419. The van der Waals surface area contributed by atoms with Crippen LogP contribution in [0.15, 0.2) is 11.6 Å². The van der Waals surface area contributed by atoms with Crippen molar-refractivity contribution < 1.29 is 9.22 Å². The molecule has 0 saturated heterocycles. The molecule has 126 valence electrons. The van der Waals surface area contributed by atoms with Crippen LogP contribution in [-0.4, -0.2) is 20.7 Å². The van der Waals surface area contributed by atoms with E-state index in [0.717, 1.165) is 12.7 Å². The molecule has 0 heterocycles. The molecule has 0 aromatic carbocycles. The summed E-state index contributed by atoms with van der Waals surface area (Å²) in [5.74, 6) is 0.662. The maximum Gasteiger partial charge on any atom is 0.192 e. The molecular formula is C19H34O2Si. The number of carbonyl (C=O) groups is 1. The predicted molar refractivity (Wildman–Crippen MR) is 95.4 cm³/mol. The maximum atomic E-state index is 11.3. The van der Waals surface area contributed by atoms with Crippen molar-refractivity contribution in [2.45, 2.75) is 84.5 Å². The molecule has 0 unspecified atom stereocenters. The number of fused-ring (bicyclic) bond motifs is 1. The topological polar surface area (TPSA) is 26.3 Å². The highest BCUT2D eigenvalue weighted by molar-refractivity contribution is 6.73. The molecule has 4 atom stereocenters. The lowest BCUT2D eigenvalue weighted by Gasteiger charge is -2.47. The van der Waals surface area contributed by atoms with E-state index < -0.39 is 8.32 Å². The summed E-state index contributed by atoms with van der Waals surface area (Å²) in [6.07, 6.45) is 8.67. The van der Waals surface area contributed by atoms with Gasteiger partial charge < -0.3 is 9.22 Å². The monoisotopic (exact) mass is 322 g/mol. The number of allylic oxidation sites excluding steroid dienone is 2. The Morgan fingerprint density at radius 1 is 1.36 bits per heavy atom. The molecule has 3 heteroatoms. The molecule has 0 spiro atoms. The van der Waals surface area contributed by atoms with Gasteiger partial charge in [-0.25, -0.2) is 0 Å². The van der Waals surface area contributed by atoms with Gasteiger partial charge in [0, 0.05) is 12.0 Å². The van der Waals surface area contributed by atoms with Crippen LogP contribution in [0, 0.1) is 17.3 Å². The van der Waals surface area contributed by atoms with E-state index in [9.17, 15) is 4.79 Å². The average Bonchev–Trinajstić information content (AvgIpc) is 2.90. The Kier molecular flexibility index (Phi) is 5.71. The van der Waals surface area contributed by atoms with Gasteiger partial charge in [0.1, 0.15) is 6.29 Å². The van der Waals surface area contributed by atoms with E-state index in [1.165, 1.54) is 43.0 Å². The van der Waals surface area contributed by atoms with Gasteiger partial charge in [-0.15, -0.1) is 0 Å². The van der Waals surface area contributed by atoms with Crippen molar-refractivity contribution in [3.8, 4) is 0 Å². The summed E-state index contributed by atoms with van der Waals surface area (Å²) in [4.78, 5) is 11.3.